The lowest BCUT2D eigenvalue weighted by atomic mass is 10.4. The first-order valence-corrected chi connectivity index (χ1v) is 8.75. The molecule has 0 aliphatic rings. The molecule has 0 unspecified atom stereocenters. The molecule has 0 spiro atoms. The van der Waals surface area contributed by atoms with Gasteiger partial charge in [0.25, 0.3) is 5.82 Å². The standard InChI is InChI=1S/C18H15N9O2.HI/c1-25-8-4-3-7-13(25)19-18(28)22-17-21-14-11(10-26(2)23-14)16-20-15(24-27(16)17)12-6-5-9-29-12;/h3-10H,1-2H3,(H,21,22,23,28);1H. The number of furan rings is 1. The van der Waals surface area contributed by atoms with E-state index in [4.69, 9.17) is 4.42 Å². The molecule has 2 N–H and O–H groups in total. The summed E-state index contributed by atoms with van der Waals surface area (Å²) in [5.41, 5.74) is 0.953. The molecule has 0 aromatic carbocycles. The third-order valence-corrected chi connectivity index (χ3v) is 4.33. The predicted molar refractivity (Wildman–Crippen MR) is 103 cm³/mol. The number of aryl methyl sites for hydroxylation is 2. The summed E-state index contributed by atoms with van der Waals surface area (Å²) in [5.74, 6) is 1.70. The van der Waals surface area contributed by atoms with E-state index in [9.17, 15) is 4.79 Å². The van der Waals surface area contributed by atoms with Crippen molar-refractivity contribution in [3.63, 3.8) is 0 Å². The maximum Gasteiger partial charge on any atom is 0.413 e. The minimum atomic E-state index is -0.467. The number of hydrogen-bond donors (Lipinski definition) is 2. The van der Waals surface area contributed by atoms with Gasteiger partial charge in [-0.05, 0) is 18.2 Å². The van der Waals surface area contributed by atoms with E-state index in [1.54, 1.807) is 47.0 Å². The van der Waals surface area contributed by atoms with E-state index in [-0.39, 0.29) is 29.9 Å². The van der Waals surface area contributed by atoms with Crippen LogP contribution in [0.25, 0.3) is 28.3 Å². The smallest absolute Gasteiger partial charge is 0.413 e. The summed E-state index contributed by atoms with van der Waals surface area (Å²) in [7, 11) is 3.62. The van der Waals surface area contributed by atoms with E-state index >= 15 is 0 Å². The Morgan fingerprint density at radius 2 is 2.00 bits per heavy atom. The lowest BCUT2D eigenvalue weighted by Crippen LogP contribution is -3.00. The lowest BCUT2D eigenvalue weighted by Gasteiger charge is -2.05. The number of rotatable bonds is 3. The number of amides is 2. The molecule has 5 rings (SSSR count). The number of pyridine rings is 1. The first kappa shape index (κ1) is 19.8. The molecular weight excluding hydrogens is 501 g/mol. The topological polar surface area (TPSA) is 119 Å². The highest BCUT2D eigenvalue weighted by atomic mass is 127. The van der Waals surface area contributed by atoms with Crippen LogP contribution in [0.2, 0.25) is 0 Å². The quantitative estimate of drug-likeness (QED) is 0.228. The summed E-state index contributed by atoms with van der Waals surface area (Å²) in [6.45, 7) is 0. The molecule has 0 radical (unpaired) electrons. The summed E-state index contributed by atoms with van der Waals surface area (Å²) in [6, 6.07) is 8.54. The normalized spacial score (nSPS) is 10.9. The van der Waals surface area contributed by atoms with Crippen molar-refractivity contribution >= 4 is 34.5 Å². The van der Waals surface area contributed by atoms with Crippen LogP contribution in [0.15, 0.2) is 53.4 Å². The minimum Gasteiger partial charge on any atom is -1.00 e. The monoisotopic (exact) mass is 517 g/mol. The summed E-state index contributed by atoms with van der Waals surface area (Å²) in [6.07, 6.45) is 5.18. The second kappa shape index (κ2) is 7.70. The Balaban J connectivity index is 0.00000218. The number of aromatic nitrogens is 7. The van der Waals surface area contributed by atoms with E-state index in [0.29, 0.717) is 34.1 Å². The van der Waals surface area contributed by atoms with Crippen molar-refractivity contribution in [2.24, 2.45) is 14.1 Å². The van der Waals surface area contributed by atoms with Gasteiger partial charge in [0.15, 0.2) is 17.1 Å². The van der Waals surface area contributed by atoms with Gasteiger partial charge in [0.2, 0.25) is 11.8 Å². The van der Waals surface area contributed by atoms with E-state index in [0.717, 1.165) is 0 Å². The number of halogens is 1. The van der Waals surface area contributed by atoms with Crippen LogP contribution in [-0.4, -0.2) is 35.4 Å². The molecule has 5 aromatic heterocycles. The van der Waals surface area contributed by atoms with Crippen LogP contribution in [0.3, 0.4) is 0 Å². The zero-order valence-electron chi connectivity index (χ0n) is 15.9. The highest BCUT2D eigenvalue weighted by Gasteiger charge is 2.20. The van der Waals surface area contributed by atoms with E-state index in [2.05, 4.69) is 30.8 Å². The summed E-state index contributed by atoms with van der Waals surface area (Å²) >= 11 is 0. The maximum absolute atomic E-state index is 12.6. The average Bonchev–Trinajstić information content (AvgIpc) is 3.41. The van der Waals surface area contributed by atoms with Gasteiger partial charge < -0.3 is 28.4 Å². The SMILES string of the molecule is Cn1cc2c(nc(NC(=O)Nc3cccc[n+]3C)n3nc(-c4ccco4)nc23)n1.[I-]. The van der Waals surface area contributed by atoms with Crippen LogP contribution in [-0.2, 0) is 14.1 Å². The van der Waals surface area contributed by atoms with Gasteiger partial charge in [0.05, 0.1) is 24.9 Å². The van der Waals surface area contributed by atoms with Gasteiger partial charge in [0.1, 0.15) is 0 Å². The average molecular weight is 517 g/mol. The molecule has 152 valence electrons. The fraction of sp³-hybridized carbons (Fsp3) is 0.111. The molecular formula is C18H16IN9O2. The van der Waals surface area contributed by atoms with Gasteiger partial charge in [-0.3, -0.25) is 10.00 Å². The first-order valence-electron chi connectivity index (χ1n) is 8.75. The summed E-state index contributed by atoms with van der Waals surface area (Å²) in [4.78, 5) is 21.6. The van der Waals surface area contributed by atoms with Crippen molar-refractivity contribution in [2.45, 2.75) is 0 Å². The van der Waals surface area contributed by atoms with Crippen LogP contribution in [0.1, 0.15) is 0 Å². The van der Waals surface area contributed by atoms with Gasteiger partial charge in [-0.25, -0.2) is 14.3 Å². The first-order chi connectivity index (χ1) is 14.1. The van der Waals surface area contributed by atoms with Crippen LogP contribution < -0.4 is 39.2 Å². The number of nitrogens with zero attached hydrogens (tertiary/aromatic N) is 7. The van der Waals surface area contributed by atoms with Crippen molar-refractivity contribution < 1.29 is 37.8 Å². The third kappa shape index (κ3) is 3.45. The van der Waals surface area contributed by atoms with Crippen LogP contribution in [0, 0.1) is 0 Å². The van der Waals surface area contributed by atoms with Crippen molar-refractivity contribution in [1.29, 1.82) is 0 Å². The molecule has 5 aromatic rings. The second-order valence-electron chi connectivity index (χ2n) is 6.40. The van der Waals surface area contributed by atoms with E-state index in [1.165, 1.54) is 4.52 Å². The molecule has 5 heterocycles. The van der Waals surface area contributed by atoms with Gasteiger partial charge >= 0.3 is 6.03 Å². The summed E-state index contributed by atoms with van der Waals surface area (Å²) < 4.78 is 10.3. The van der Waals surface area contributed by atoms with Crippen molar-refractivity contribution in [1.82, 2.24) is 29.4 Å². The molecule has 30 heavy (non-hydrogen) atoms. The molecule has 0 aliphatic carbocycles. The fourth-order valence-electron chi connectivity index (χ4n) is 2.99. The number of nitrogens with one attached hydrogen (secondary N) is 2. The largest absolute Gasteiger partial charge is 1.00 e. The molecule has 12 heteroatoms. The van der Waals surface area contributed by atoms with Gasteiger partial charge in [0, 0.05) is 19.3 Å². The van der Waals surface area contributed by atoms with Crippen LogP contribution in [0.4, 0.5) is 16.6 Å². The molecule has 0 saturated carbocycles. The molecule has 11 nitrogen and oxygen atoms in total. The third-order valence-electron chi connectivity index (χ3n) is 4.33. The van der Waals surface area contributed by atoms with Crippen molar-refractivity contribution in [3.05, 3.63) is 49.0 Å². The maximum atomic E-state index is 12.6. The highest BCUT2D eigenvalue weighted by Crippen LogP contribution is 2.23. The Morgan fingerprint density at radius 3 is 2.77 bits per heavy atom. The van der Waals surface area contributed by atoms with Crippen molar-refractivity contribution in [3.8, 4) is 11.6 Å². The number of fused-ring (bicyclic) bond motifs is 3. The van der Waals surface area contributed by atoms with E-state index in [1.807, 2.05) is 25.4 Å². The Kier molecular flexibility index (Phi) is 5.07. The van der Waals surface area contributed by atoms with Crippen LogP contribution >= 0.6 is 0 Å². The second-order valence-corrected chi connectivity index (χ2v) is 6.40. The van der Waals surface area contributed by atoms with Crippen LogP contribution in [0.5, 0.6) is 0 Å². The highest BCUT2D eigenvalue weighted by molar-refractivity contribution is 5.99. The fourth-order valence-corrected chi connectivity index (χ4v) is 2.99. The Hall–Kier alpha value is -3.55. The Labute approximate surface area is 186 Å². The van der Waals surface area contributed by atoms with Gasteiger partial charge in [-0.2, -0.15) is 19.9 Å². The number of carbonyl (C=O) groups is 1. The van der Waals surface area contributed by atoms with Crippen molar-refractivity contribution in [2.75, 3.05) is 10.6 Å². The lowest BCUT2D eigenvalue weighted by molar-refractivity contribution is -0.656. The molecule has 0 bridgehead atoms. The molecule has 2 amide bonds. The number of hydrogen-bond acceptors (Lipinski definition) is 6. The molecule has 0 fully saturated rings. The Bertz CT molecular complexity index is 1360. The molecule has 0 atom stereocenters. The Morgan fingerprint density at radius 1 is 1.13 bits per heavy atom. The predicted octanol–water partition coefficient (Wildman–Crippen LogP) is -1.26. The van der Waals surface area contributed by atoms with Gasteiger partial charge in [-0.1, -0.05) is 6.07 Å². The summed E-state index contributed by atoms with van der Waals surface area (Å²) in [5, 5.41) is 15.0. The molecule has 0 saturated heterocycles. The number of carbonyl (C=O) groups excluding carboxylic acids is 1. The number of urea groups is 1. The van der Waals surface area contributed by atoms with E-state index < -0.39 is 6.03 Å². The zero-order chi connectivity index (χ0) is 20.0. The zero-order valence-corrected chi connectivity index (χ0v) is 18.1. The number of anilines is 2. The van der Waals surface area contributed by atoms with Gasteiger partial charge in [-0.15, -0.1) is 5.10 Å². The molecule has 0 aliphatic heterocycles. The minimum absolute atomic E-state index is 0.